The van der Waals surface area contributed by atoms with Gasteiger partial charge in [0, 0.05) is 43.9 Å². The Labute approximate surface area is 628 Å². The molecule has 21 nitrogen and oxygen atoms in total. The van der Waals surface area contributed by atoms with Crippen molar-refractivity contribution < 1.29 is 99.5 Å². The number of fused-ring (bicyclic) bond motifs is 7. The lowest BCUT2D eigenvalue weighted by Crippen LogP contribution is -2.33. The van der Waals surface area contributed by atoms with Gasteiger partial charge in [-0.05, 0) is 121 Å². The number of rotatable bonds is 36. The minimum absolute atomic E-state index is 0.0436. The summed E-state index contributed by atoms with van der Waals surface area (Å²) in [5, 5.41) is 0. The van der Waals surface area contributed by atoms with E-state index >= 15 is 0 Å². The van der Waals surface area contributed by atoms with Crippen LogP contribution in [0.5, 0.6) is 0 Å². The summed E-state index contributed by atoms with van der Waals surface area (Å²) in [5.74, 6) is 2.38. The Balaban J connectivity index is 0.000000216. The van der Waals surface area contributed by atoms with Crippen LogP contribution in [0.2, 0.25) is 0 Å². The molecule has 20 atom stereocenters. The molecule has 0 amide bonds. The third-order valence-corrected chi connectivity index (χ3v) is 20.5. The van der Waals surface area contributed by atoms with Gasteiger partial charge < -0.3 is 99.5 Å². The maximum Gasteiger partial charge on any atom is 0.150 e. The maximum absolute atomic E-state index is 5.76. The van der Waals surface area contributed by atoms with E-state index in [2.05, 4.69) is 105 Å². The van der Waals surface area contributed by atoms with Gasteiger partial charge >= 0.3 is 0 Å². The van der Waals surface area contributed by atoms with Crippen LogP contribution < -0.4 is 0 Å². The first-order chi connectivity index (χ1) is 51.4. The number of ether oxygens (including phenoxy) is 21. The highest BCUT2D eigenvalue weighted by molar-refractivity contribution is 5.01. The molecule has 0 aromatic heterocycles. The van der Waals surface area contributed by atoms with E-state index in [1.54, 1.807) is 0 Å². The Morgan fingerprint density at radius 3 is 0.952 bits per heavy atom. The molecular formula is C84H128O21. The van der Waals surface area contributed by atoms with Gasteiger partial charge in [-0.3, -0.25) is 0 Å². The van der Waals surface area contributed by atoms with E-state index in [1.165, 1.54) is 139 Å². The molecule has 12 rings (SSSR count). The van der Waals surface area contributed by atoms with Crippen molar-refractivity contribution in [3.63, 3.8) is 0 Å². The summed E-state index contributed by atoms with van der Waals surface area (Å²) in [7, 11) is 0. The number of hydrogen-bond donors (Lipinski definition) is 0. The SMILES string of the molecule is C=COC1CC2OC1CC2OC=C.C=COC1CCC(OC=C)CC1.C=COC1CCCC(OC=C)C1.C=COC1CCCCC1OC=C.C=COC1COC2C(OC=C)COC12.C=COCC1CC2CC(OC=C)C1O2.C=COCC1CC2OC1CC2OC=C.C=COCC1CCC(COC=C)CC1. The molecule has 105 heavy (non-hydrogen) atoms. The van der Waals surface area contributed by atoms with Gasteiger partial charge in [-0.1, -0.05) is 105 Å². The van der Waals surface area contributed by atoms with Gasteiger partial charge in [-0.25, -0.2) is 0 Å². The fourth-order valence-corrected chi connectivity index (χ4v) is 15.6. The standard InChI is InChI=1S/C12H20O2.2C11H16O3.C10H14O4.C10H14O3.3C10H16O2/c1-3-13-9-11-5-7-12(8-6-11)10-14-4-2;1-3-12-7-8-5-11-10(13-4-2)6-9(8)14-11;1-3-12-7-8-5-9-6-10(13-4-2)11(8)14-9;1-3-11-7-5-13-10-8(12-4-2)6-14-9(7)10;1-3-11-7-5-10-8(12-4-2)6-9(7)13-10;1-3-11-9-5-7-10(8-6-9)12-4-2;1-3-11-9-6-5-7-10(8-9)12-4-2;1-3-11-9-7-5-6-8-10(9)12-4-2/h3-4,11-12H,1-2,5-10H2;2*3-4,8-11H,1-2,5-7H2;3-4,7-10H,1-2,5-6H2;3-4,7-10H,1-2,5-6H2;3*3-4,9-10H,1-2,5-8H2. The molecule has 0 radical (unpaired) electrons. The summed E-state index contributed by atoms with van der Waals surface area (Å²) in [5.41, 5.74) is 0. The van der Waals surface area contributed by atoms with Crippen LogP contribution in [0.1, 0.15) is 141 Å². The van der Waals surface area contributed by atoms with Crippen LogP contribution >= 0.6 is 0 Å². The summed E-state index contributed by atoms with van der Waals surface area (Å²) < 4.78 is 113. The van der Waals surface area contributed by atoms with Crippen LogP contribution in [-0.2, 0) is 99.5 Å². The van der Waals surface area contributed by atoms with Crippen LogP contribution in [0.4, 0.5) is 0 Å². The van der Waals surface area contributed by atoms with Gasteiger partial charge in [0.05, 0.1) is 183 Å². The molecule has 0 aromatic rings. The minimum atomic E-state index is -0.0593. The van der Waals surface area contributed by atoms with Gasteiger partial charge in [0.2, 0.25) is 0 Å². The Morgan fingerprint density at radius 2 is 0.581 bits per heavy atom. The van der Waals surface area contributed by atoms with Crippen molar-refractivity contribution in [3.05, 3.63) is 205 Å². The van der Waals surface area contributed by atoms with E-state index in [9.17, 15) is 0 Å². The molecule has 6 bridgehead atoms. The first-order valence-electron chi connectivity index (χ1n) is 37.6. The molecule has 4 aliphatic carbocycles. The molecule has 21 heteroatoms. The van der Waals surface area contributed by atoms with Crippen molar-refractivity contribution in [2.24, 2.45) is 23.7 Å². The lowest BCUT2D eigenvalue weighted by molar-refractivity contribution is -0.0253. The predicted molar refractivity (Wildman–Crippen MR) is 406 cm³/mol. The third kappa shape index (κ3) is 30.7. The van der Waals surface area contributed by atoms with Gasteiger partial charge in [0.25, 0.3) is 0 Å². The molecule has 590 valence electrons. The fraction of sp³-hybridized carbons (Fsp3) is 0.619. The van der Waals surface area contributed by atoms with Crippen LogP contribution in [0.3, 0.4) is 0 Å². The van der Waals surface area contributed by atoms with E-state index in [1.807, 2.05) is 0 Å². The normalized spacial score (nSPS) is 34.5. The van der Waals surface area contributed by atoms with E-state index in [-0.39, 0.29) is 85.5 Å². The lowest BCUT2D eigenvalue weighted by atomic mass is 9.83. The zero-order valence-corrected chi connectivity index (χ0v) is 62.8. The van der Waals surface area contributed by atoms with Gasteiger partial charge in [-0.2, -0.15) is 0 Å². The first-order valence-corrected chi connectivity index (χ1v) is 37.6. The van der Waals surface area contributed by atoms with E-state index in [0.29, 0.717) is 86.7 Å². The zero-order chi connectivity index (χ0) is 75.8. The van der Waals surface area contributed by atoms with Crippen molar-refractivity contribution in [3.8, 4) is 0 Å². The van der Waals surface area contributed by atoms with Crippen molar-refractivity contribution >= 4 is 0 Å². The summed E-state index contributed by atoms with van der Waals surface area (Å²) >= 11 is 0. The lowest BCUT2D eigenvalue weighted by Gasteiger charge is -2.29. The highest BCUT2D eigenvalue weighted by Gasteiger charge is 2.52. The van der Waals surface area contributed by atoms with E-state index < -0.39 is 0 Å². The van der Waals surface area contributed by atoms with Gasteiger partial charge in [0.1, 0.15) is 79.4 Å². The average Bonchev–Trinajstić information content (AvgIpc) is 1.67. The molecule has 8 aliphatic heterocycles. The fourth-order valence-electron chi connectivity index (χ4n) is 15.6. The molecule has 0 spiro atoms. The smallest absolute Gasteiger partial charge is 0.150 e. The molecule has 0 N–H and O–H groups in total. The Hall–Kier alpha value is -7.56. The quantitative estimate of drug-likeness (QED) is 0.0537. The molecule has 12 aliphatic rings. The second-order valence-electron chi connectivity index (χ2n) is 27.1. The minimum Gasteiger partial charge on any atom is -0.502 e. The summed E-state index contributed by atoms with van der Waals surface area (Å²) in [4.78, 5) is 0. The molecule has 12 fully saturated rings. The van der Waals surface area contributed by atoms with Crippen LogP contribution in [0.15, 0.2) is 205 Å². The third-order valence-electron chi connectivity index (χ3n) is 20.5. The van der Waals surface area contributed by atoms with Crippen LogP contribution in [-0.4, -0.2) is 162 Å². The van der Waals surface area contributed by atoms with Crippen LogP contribution in [0.25, 0.3) is 0 Å². The number of hydrogen-bond acceptors (Lipinski definition) is 21. The molecule has 8 heterocycles. The monoisotopic (exact) mass is 1470 g/mol. The van der Waals surface area contributed by atoms with Crippen LogP contribution in [0, 0.1) is 23.7 Å². The maximum atomic E-state index is 5.76. The second-order valence-corrected chi connectivity index (χ2v) is 27.1. The van der Waals surface area contributed by atoms with E-state index in [4.69, 9.17) is 99.5 Å². The Morgan fingerprint density at radius 1 is 0.238 bits per heavy atom. The summed E-state index contributed by atoms with van der Waals surface area (Å²) in [6.07, 6.45) is 51.5. The van der Waals surface area contributed by atoms with Crippen molar-refractivity contribution in [1.29, 1.82) is 0 Å². The molecule has 8 saturated heterocycles. The largest absolute Gasteiger partial charge is 0.502 e. The first kappa shape index (κ1) is 88.1. The van der Waals surface area contributed by atoms with Crippen molar-refractivity contribution in [2.75, 3.05) is 39.6 Å². The van der Waals surface area contributed by atoms with Gasteiger partial charge in [0.15, 0.2) is 0 Å². The zero-order valence-electron chi connectivity index (χ0n) is 62.8. The molecule has 20 unspecified atom stereocenters. The highest BCUT2D eigenvalue weighted by atomic mass is 16.6. The molecule has 4 saturated carbocycles. The van der Waals surface area contributed by atoms with E-state index in [0.717, 1.165) is 116 Å². The average molecular weight is 1470 g/mol. The summed E-state index contributed by atoms with van der Waals surface area (Å²) in [6, 6.07) is 0. The highest BCUT2D eigenvalue weighted by Crippen LogP contribution is 2.43. The van der Waals surface area contributed by atoms with Gasteiger partial charge in [-0.15, -0.1) is 0 Å². The van der Waals surface area contributed by atoms with Crippen molar-refractivity contribution in [2.45, 2.75) is 263 Å². The molecular weight excluding hydrogens is 1340 g/mol. The Kier molecular flexibility index (Phi) is 44.0. The predicted octanol–water partition coefficient (Wildman–Crippen LogP) is 17.1. The second kappa shape index (κ2) is 52.4. The molecule has 0 aromatic carbocycles. The topological polar surface area (TPSA) is 194 Å². The Bertz CT molecular complexity index is 2400. The van der Waals surface area contributed by atoms with Crippen molar-refractivity contribution in [1.82, 2.24) is 0 Å². The summed E-state index contributed by atoms with van der Waals surface area (Å²) in [6.45, 7) is 60.8.